The molecular formula is C26H27N3O3. The molecule has 1 atom stereocenters. The summed E-state index contributed by atoms with van der Waals surface area (Å²) in [6.45, 7) is 4.28. The first-order chi connectivity index (χ1) is 15.4. The molecule has 2 heterocycles. The molecule has 0 spiro atoms. The van der Waals surface area contributed by atoms with Crippen LogP contribution in [0, 0.1) is 5.41 Å². The molecule has 1 aliphatic carbocycles. The van der Waals surface area contributed by atoms with Gasteiger partial charge in [-0.05, 0) is 53.8 Å². The van der Waals surface area contributed by atoms with Crippen molar-refractivity contribution < 1.29 is 14.3 Å². The van der Waals surface area contributed by atoms with Crippen LogP contribution in [0.5, 0.6) is 11.5 Å². The van der Waals surface area contributed by atoms with Crippen LogP contribution in [0.3, 0.4) is 0 Å². The van der Waals surface area contributed by atoms with Crippen LogP contribution in [0.15, 0.2) is 59.8 Å². The van der Waals surface area contributed by atoms with Gasteiger partial charge in [0.25, 0.3) is 0 Å². The molecule has 6 heteroatoms. The molecule has 2 aromatic carbocycles. The second kappa shape index (κ2) is 7.55. The standard InChI is InChI=1S/C26H27N3O3/c1-26(2)13-19-22(20(30)14-26)21(15-5-9-17(31-3)10-6-15)23-24(28-29-25(23)27-19)16-7-11-18(32-4)12-8-16/h5-12,21H,13-14H2,1-4H3,(H2,27,28,29). The predicted molar refractivity (Wildman–Crippen MR) is 124 cm³/mol. The van der Waals surface area contributed by atoms with Gasteiger partial charge in [0, 0.05) is 34.7 Å². The van der Waals surface area contributed by atoms with E-state index < -0.39 is 0 Å². The van der Waals surface area contributed by atoms with E-state index in [-0.39, 0.29) is 17.1 Å². The molecule has 2 N–H and O–H groups in total. The highest BCUT2D eigenvalue weighted by Crippen LogP contribution is 2.51. The molecule has 6 nitrogen and oxygen atoms in total. The Balaban J connectivity index is 1.69. The molecular weight excluding hydrogens is 402 g/mol. The molecule has 1 aliphatic heterocycles. The number of carbonyl (C=O) groups excluding carboxylic acids is 1. The number of carbonyl (C=O) groups is 1. The van der Waals surface area contributed by atoms with E-state index in [4.69, 9.17) is 9.47 Å². The number of methoxy groups -OCH3 is 2. The van der Waals surface area contributed by atoms with Gasteiger partial charge in [0.05, 0.1) is 19.9 Å². The number of rotatable bonds is 4. The van der Waals surface area contributed by atoms with Crippen molar-refractivity contribution >= 4 is 11.6 Å². The average Bonchev–Trinajstić information content (AvgIpc) is 3.20. The molecule has 2 aliphatic rings. The highest BCUT2D eigenvalue weighted by molar-refractivity contribution is 6.02. The number of hydrogen-bond acceptors (Lipinski definition) is 5. The number of ether oxygens (including phenoxy) is 2. The van der Waals surface area contributed by atoms with Gasteiger partial charge < -0.3 is 14.8 Å². The normalized spacial score (nSPS) is 19.1. The lowest BCUT2D eigenvalue weighted by atomic mass is 9.69. The molecule has 0 radical (unpaired) electrons. The number of Topliss-reactive ketones (excluding diaryl/α,β-unsaturated/α-hetero) is 1. The molecule has 3 aromatic rings. The van der Waals surface area contributed by atoms with Gasteiger partial charge in [-0.25, -0.2) is 0 Å². The molecule has 164 valence electrons. The van der Waals surface area contributed by atoms with Crippen LogP contribution in [0.2, 0.25) is 0 Å². The van der Waals surface area contributed by atoms with E-state index >= 15 is 0 Å². The van der Waals surface area contributed by atoms with Gasteiger partial charge >= 0.3 is 0 Å². The Morgan fingerprint density at radius 3 is 2.19 bits per heavy atom. The average molecular weight is 430 g/mol. The summed E-state index contributed by atoms with van der Waals surface area (Å²) in [4.78, 5) is 13.4. The summed E-state index contributed by atoms with van der Waals surface area (Å²) in [5, 5.41) is 11.3. The minimum atomic E-state index is -0.202. The highest BCUT2D eigenvalue weighted by Gasteiger charge is 2.42. The minimum Gasteiger partial charge on any atom is -0.497 e. The number of anilines is 1. The molecule has 32 heavy (non-hydrogen) atoms. The third-order valence-corrected chi connectivity index (χ3v) is 6.40. The first kappa shape index (κ1) is 20.4. The van der Waals surface area contributed by atoms with Crippen LogP contribution >= 0.6 is 0 Å². The van der Waals surface area contributed by atoms with Crippen LogP contribution in [0.4, 0.5) is 5.82 Å². The Kier molecular flexibility index (Phi) is 4.81. The Bertz CT molecular complexity index is 1200. The zero-order valence-corrected chi connectivity index (χ0v) is 18.8. The van der Waals surface area contributed by atoms with Gasteiger partial charge in [0.1, 0.15) is 11.5 Å². The minimum absolute atomic E-state index is 0.0833. The van der Waals surface area contributed by atoms with Gasteiger partial charge in [-0.15, -0.1) is 0 Å². The van der Waals surface area contributed by atoms with E-state index in [9.17, 15) is 4.79 Å². The number of allylic oxidation sites excluding steroid dienone is 2. The summed E-state index contributed by atoms with van der Waals surface area (Å²) in [6, 6.07) is 15.9. The quantitative estimate of drug-likeness (QED) is 0.589. The number of aromatic amines is 1. The zero-order valence-electron chi connectivity index (χ0n) is 18.8. The Morgan fingerprint density at radius 2 is 1.56 bits per heavy atom. The summed E-state index contributed by atoms with van der Waals surface area (Å²) < 4.78 is 10.7. The maximum atomic E-state index is 13.4. The number of hydrogen-bond donors (Lipinski definition) is 2. The maximum Gasteiger partial charge on any atom is 0.162 e. The summed E-state index contributed by atoms with van der Waals surface area (Å²) in [7, 11) is 3.31. The second-order valence-electron chi connectivity index (χ2n) is 9.25. The van der Waals surface area contributed by atoms with Gasteiger partial charge in [-0.1, -0.05) is 26.0 Å². The summed E-state index contributed by atoms with van der Waals surface area (Å²) in [5.41, 5.74) is 5.68. The number of nitrogens with one attached hydrogen (secondary N) is 2. The zero-order chi connectivity index (χ0) is 22.5. The fourth-order valence-corrected chi connectivity index (χ4v) is 4.90. The number of ketones is 1. The molecule has 0 saturated heterocycles. The van der Waals surface area contributed by atoms with E-state index in [2.05, 4.69) is 29.4 Å². The van der Waals surface area contributed by atoms with E-state index in [0.29, 0.717) is 6.42 Å². The van der Waals surface area contributed by atoms with E-state index in [1.54, 1.807) is 14.2 Å². The smallest absolute Gasteiger partial charge is 0.162 e. The van der Waals surface area contributed by atoms with E-state index in [0.717, 1.165) is 57.4 Å². The number of aromatic nitrogens is 2. The van der Waals surface area contributed by atoms with Crippen molar-refractivity contribution in [3.8, 4) is 22.8 Å². The predicted octanol–water partition coefficient (Wildman–Crippen LogP) is 5.29. The van der Waals surface area contributed by atoms with Crippen LogP contribution < -0.4 is 14.8 Å². The lowest BCUT2D eigenvalue weighted by Crippen LogP contribution is -2.33. The van der Waals surface area contributed by atoms with Crippen molar-refractivity contribution in [2.45, 2.75) is 32.6 Å². The van der Waals surface area contributed by atoms with Crippen molar-refractivity contribution in [3.63, 3.8) is 0 Å². The number of nitrogens with zero attached hydrogens (tertiary/aromatic N) is 1. The van der Waals surface area contributed by atoms with Gasteiger partial charge in [0.2, 0.25) is 0 Å². The first-order valence-electron chi connectivity index (χ1n) is 10.8. The molecule has 0 fully saturated rings. The Hall–Kier alpha value is -3.54. The van der Waals surface area contributed by atoms with Crippen LogP contribution in [-0.4, -0.2) is 30.2 Å². The summed E-state index contributed by atoms with van der Waals surface area (Å²) in [6.07, 6.45) is 1.34. The summed E-state index contributed by atoms with van der Waals surface area (Å²) >= 11 is 0. The van der Waals surface area contributed by atoms with Crippen LogP contribution in [0.1, 0.15) is 43.7 Å². The van der Waals surface area contributed by atoms with Crippen molar-refractivity contribution in [2.75, 3.05) is 19.5 Å². The molecule has 0 amide bonds. The first-order valence-corrected chi connectivity index (χ1v) is 10.8. The number of fused-ring (bicyclic) bond motifs is 1. The van der Waals surface area contributed by atoms with Crippen molar-refractivity contribution in [3.05, 3.63) is 70.9 Å². The van der Waals surface area contributed by atoms with E-state index in [1.165, 1.54) is 0 Å². The van der Waals surface area contributed by atoms with Gasteiger partial charge in [-0.2, -0.15) is 5.10 Å². The molecule has 1 unspecified atom stereocenters. The topological polar surface area (TPSA) is 76.2 Å². The lowest BCUT2D eigenvalue weighted by Gasteiger charge is -2.38. The van der Waals surface area contributed by atoms with Crippen LogP contribution in [0.25, 0.3) is 11.3 Å². The Morgan fingerprint density at radius 1 is 0.938 bits per heavy atom. The fourth-order valence-electron chi connectivity index (χ4n) is 4.90. The largest absolute Gasteiger partial charge is 0.497 e. The van der Waals surface area contributed by atoms with E-state index in [1.807, 2.05) is 48.5 Å². The molecule has 5 rings (SSSR count). The van der Waals surface area contributed by atoms with Crippen molar-refractivity contribution in [1.29, 1.82) is 0 Å². The SMILES string of the molecule is COc1ccc(-c2[nH]nc3c2C(c2ccc(OC)cc2)C2=C(CC(C)(C)CC2=O)N3)cc1. The molecule has 0 saturated carbocycles. The fraction of sp³-hybridized carbons (Fsp3) is 0.308. The van der Waals surface area contributed by atoms with Crippen LogP contribution in [-0.2, 0) is 4.79 Å². The van der Waals surface area contributed by atoms with Crippen molar-refractivity contribution in [1.82, 2.24) is 10.2 Å². The molecule has 0 bridgehead atoms. The summed E-state index contributed by atoms with van der Waals surface area (Å²) in [5.74, 6) is 2.35. The number of benzene rings is 2. The number of H-pyrrole nitrogens is 1. The maximum absolute atomic E-state index is 13.4. The Labute approximate surface area is 187 Å². The third kappa shape index (κ3) is 3.36. The van der Waals surface area contributed by atoms with Crippen molar-refractivity contribution in [2.24, 2.45) is 5.41 Å². The second-order valence-corrected chi connectivity index (χ2v) is 9.25. The lowest BCUT2D eigenvalue weighted by molar-refractivity contribution is -0.118. The van der Waals surface area contributed by atoms with Gasteiger partial charge in [-0.3, -0.25) is 9.89 Å². The van der Waals surface area contributed by atoms with Gasteiger partial charge in [0.15, 0.2) is 11.6 Å². The third-order valence-electron chi connectivity index (χ3n) is 6.40. The highest BCUT2D eigenvalue weighted by atomic mass is 16.5. The molecule has 1 aromatic heterocycles. The monoisotopic (exact) mass is 429 g/mol.